The van der Waals surface area contributed by atoms with Crippen molar-refractivity contribution in [3.05, 3.63) is 90.1 Å². The van der Waals surface area contributed by atoms with Crippen molar-refractivity contribution < 1.29 is 26.4 Å². The minimum absolute atomic E-state index is 0.0502. The lowest BCUT2D eigenvalue weighted by atomic mass is 10.1. The molecule has 0 fully saturated rings. The number of hydrogen-bond donors (Lipinski definition) is 2. The number of amides is 1. The van der Waals surface area contributed by atoms with Crippen LogP contribution in [0, 0.1) is 0 Å². The zero-order chi connectivity index (χ0) is 22.5. The first-order chi connectivity index (χ1) is 14.6. The van der Waals surface area contributed by atoms with Gasteiger partial charge in [-0.1, -0.05) is 24.3 Å². The first-order valence-corrected chi connectivity index (χ1v) is 10.3. The molecule has 2 N–H and O–H groups in total. The highest BCUT2D eigenvalue weighted by Gasteiger charge is 2.32. The third-order valence-electron chi connectivity index (χ3n) is 4.02. The maximum Gasteiger partial charge on any atom is 0.416 e. The van der Waals surface area contributed by atoms with E-state index in [9.17, 15) is 26.4 Å². The van der Waals surface area contributed by atoms with Gasteiger partial charge in [0.2, 0.25) is 5.91 Å². The average Bonchev–Trinajstić information content (AvgIpc) is 2.73. The van der Waals surface area contributed by atoms with Gasteiger partial charge in [0.05, 0.1) is 10.5 Å². The van der Waals surface area contributed by atoms with Crippen molar-refractivity contribution >= 4 is 33.5 Å². The minimum atomic E-state index is -4.54. The Kier molecular flexibility index (Phi) is 6.40. The SMILES string of the molecule is O=C(C=Cc1ccccc1C(F)(F)F)Nc1ccc(S(=O)(=O)Nc2ccccn2)cc1. The number of benzene rings is 2. The first-order valence-electron chi connectivity index (χ1n) is 8.84. The van der Waals surface area contributed by atoms with E-state index in [2.05, 4.69) is 15.0 Å². The van der Waals surface area contributed by atoms with Crippen molar-refractivity contribution in [2.75, 3.05) is 10.0 Å². The van der Waals surface area contributed by atoms with Gasteiger partial charge >= 0.3 is 6.18 Å². The number of hydrogen-bond acceptors (Lipinski definition) is 4. The number of pyridine rings is 1. The summed E-state index contributed by atoms with van der Waals surface area (Å²) in [6.45, 7) is 0. The summed E-state index contributed by atoms with van der Waals surface area (Å²) in [5.74, 6) is -0.511. The van der Waals surface area contributed by atoms with Crippen LogP contribution in [0.5, 0.6) is 0 Å². The van der Waals surface area contributed by atoms with Gasteiger partial charge in [-0.3, -0.25) is 9.52 Å². The van der Waals surface area contributed by atoms with Crippen LogP contribution < -0.4 is 10.0 Å². The van der Waals surface area contributed by atoms with Crippen molar-refractivity contribution in [2.45, 2.75) is 11.1 Å². The molecule has 1 heterocycles. The summed E-state index contributed by atoms with van der Waals surface area (Å²) in [7, 11) is -3.87. The van der Waals surface area contributed by atoms with Crippen LogP contribution in [-0.4, -0.2) is 19.3 Å². The molecule has 6 nitrogen and oxygen atoms in total. The van der Waals surface area contributed by atoms with Crippen molar-refractivity contribution in [2.24, 2.45) is 0 Å². The highest BCUT2D eigenvalue weighted by molar-refractivity contribution is 7.92. The molecule has 0 aliphatic carbocycles. The molecule has 0 atom stereocenters. The second kappa shape index (κ2) is 9.00. The Morgan fingerprint density at radius 1 is 0.935 bits per heavy atom. The largest absolute Gasteiger partial charge is 0.416 e. The van der Waals surface area contributed by atoms with Gasteiger partial charge < -0.3 is 5.32 Å². The Balaban J connectivity index is 1.68. The van der Waals surface area contributed by atoms with E-state index in [1.54, 1.807) is 12.1 Å². The van der Waals surface area contributed by atoms with E-state index in [4.69, 9.17) is 0 Å². The second-order valence-electron chi connectivity index (χ2n) is 6.25. The summed E-state index contributed by atoms with van der Waals surface area (Å²) in [4.78, 5) is 15.9. The number of carbonyl (C=O) groups is 1. The van der Waals surface area contributed by atoms with E-state index in [1.165, 1.54) is 54.7 Å². The topological polar surface area (TPSA) is 88.2 Å². The summed E-state index contributed by atoms with van der Waals surface area (Å²) in [5.41, 5.74) is -0.725. The van der Waals surface area contributed by atoms with Crippen LogP contribution in [0.3, 0.4) is 0 Å². The van der Waals surface area contributed by atoms with Gasteiger partial charge in [0.25, 0.3) is 10.0 Å². The van der Waals surface area contributed by atoms with Crippen molar-refractivity contribution in [1.29, 1.82) is 0 Å². The van der Waals surface area contributed by atoms with E-state index in [0.717, 1.165) is 18.2 Å². The molecule has 3 aromatic rings. The molecule has 10 heteroatoms. The summed E-state index contributed by atoms with van der Waals surface area (Å²) in [5, 5.41) is 2.46. The van der Waals surface area contributed by atoms with Gasteiger partial charge in [0.1, 0.15) is 5.82 Å². The van der Waals surface area contributed by atoms with Crippen LogP contribution >= 0.6 is 0 Å². The molecule has 2 aromatic carbocycles. The number of nitrogens with zero attached hydrogens (tertiary/aromatic N) is 1. The van der Waals surface area contributed by atoms with E-state index < -0.39 is 27.7 Å². The Labute approximate surface area is 176 Å². The molecule has 1 aromatic heterocycles. The first kappa shape index (κ1) is 22.0. The Morgan fingerprint density at radius 3 is 2.26 bits per heavy atom. The Morgan fingerprint density at radius 2 is 1.61 bits per heavy atom. The van der Waals surface area contributed by atoms with Crippen LogP contribution in [-0.2, 0) is 21.0 Å². The van der Waals surface area contributed by atoms with Crippen LogP contribution in [0.25, 0.3) is 6.08 Å². The highest BCUT2D eigenvalue weighted by Crippen LogP contribution is 2.32. The molecule has 160 valence electrons. The van der Waals surface area contributed by atoms with E-state index in [1.807, 2.05) is 0 Å². The van der Waals surface area contributed by atoms with E-state index in [0.29, 0.717) is 0 Å². The number of carbonyl (C=O) groups excluding carboxylic acids is 1. The highest BCUT2D eigenvalue weighted by atomic mass is 32.2. The number of aromatic nitrogens is 1. The molecule has 0 radical (unpaired) electrons. The predicted molar refractivity (Wildman–Crippen MR) is 111 cm³/mol. The molecule has 0 aliphatic heterocycles. The number of nitrogens with one attached hydrogen (secondary N) is 2. The van der Waals surface area contributed by atoms with Gasteiger partial charge in [-0.2, -0.15) is 13.2 Å². The predicted octanol–water partition coefficient (Wildman–Crippen LogP) is 4.55. The van der Waals surface area contributed by atoms with E-state index in [-0.39, 0.29) is 22.0 Å². The Bertz CT molecular complexity index is 1190. The maximum atomic E-state index is 13.0. The number of rotatable bonds is 6. The van der Waals surface area contributed by atoms with Crippen LogP contribution in [0.4, 0.5) is 24.7 Å². The van der Waals surface area contributed by atoms with Gasteiger partial charge in [-0.05, 0) is 54.1 Å². The fourth-order valence-corrected chi connectivity index (χ4v) is 3.60. The van der Waals surface area contributed by atoms with Crippen molar-refractivity contribution in [3.8, 4) is 0 Å². The number of halogens is 3. The Hall–Kier alpha value is -3.66. The fraction of sp³-hybridized carbons (Fsp3) is 0.0476. The average molecular weight is 447 g/mol. The number of alkyl halides is 3. The van der Waals surface area contributed by atoms with Gasteiger partial charge in [-0.15, -0.1) is 0 Å². The van der Waals surface area contributed by atoms with Gasteiger partial charge in [-0.25, -0.2) is 13.4 Å². The third kappa shape index (κ3) is 5.92. The molecule has 0 spiro atoms. The van der Waals surface area contributed by atoms with Gasteiger partial charge in [0, 0.05) is 18.0 Å². The molecule has 0 unspecified atom stereocenters. The normalized spacial score (nSPS) is 12.0. The minimum Gasteiger partial charge on any atom is -0.323 e. The molecule has 0 saturated heterocycles. The maximum absolute atomic E-state index is 13.0. The smallest absolute Gasteiger partial charge is 0.323 e. The number of anilines is 2. The zero-order valence-corrected chi connectivity index (χ0v) is 16.6. The molecule has 31 heavy (non-hydrogen) atoms. The third-order valence-corrected chi connectivity index (χ3v) is 5.39. The van der Waals surface area contributed by atoms with Crippen LogP contribution in [0.2, 0.25) is 0 Å². The zero-order valence-electron chi connectivity index (χ0n) is 15.8. The summed E-state index contributed by atoms with van der Waals surface area (Å²) in [6.07, 6.45) is -1.06. The molecule has 1 amide bonds. The molecular weight excluding hydrogens is 431 g/mol. The summed E-state index contributed by atoms with van der Waals surface area (Å²) in [6, 6.07) is 14.9. The quantitative estimate of drug-likeness (QED) is 0.543. The fourth-order valence-electron chi connectivity index (χ4n) is 2.59. The molecule has 0 bridgehead atoms. The number of sulfonamides is 1. The van der Waals surface area contributed by atoms with Crippen molar-refractivity contribution in [1.82, 2.24) is 4.98 Å². The molecule has 0 aliphatic rings. The lowest BCUT2D eigenvalue weighted by Crippen LogP contribution is -2.14. The van der Waals surface area contributed by atoms with E-state index >= 15 is 0 Å². The van der Waals surface area contributed by atoms with Gasteiger partial charge in [0.15, 0.2) is 0 Å². The van der Waals surface area contributed by atoms with Crippen LogP contribution in [0.15, 0.2) is 83.9 Å². The monoisotopic (exact) mass is 447 g/mol. The van der Waals surface area contributed by atoms with Crippen molar-refractivity contribution in [3.63, 3.8) is 0 Å². The molecule has 0 saturated carbocycles. The second-order valence-corrected chi connectivity index (χ2v) is 7.93. The lowest BCUT2D eigenvalue weighted by Gasteiger charge is -2.10. The summed E-state index contributed by atoms with van der Waals surface area (Å²) < 4.78 is 66.0. The standard InChI is InChI=1S/C21H16F3N3O3S/c22-21(23,24)18-6-2-1-5-15(18)8-13-20(28)26-16-9-11-17(12-10-16)31(29,30)27-19-7-3-4-14-25-19/h1-14H,(H,25,27)(H,26,28). The lowest BCUT2D eigenvalue weighted by molar-refractivity contribution is -0.137. The molecular formula is C21H16F3N3O3S. The summed E-state index contributed by atoms with van der Waals surface area (Å²) >= 11 is 0. The molecule has 3 rings (SSSR count). The van der Waals surface area contributed by atoms with Crippen LogP contribution in [0.1, 0.15) is 11.1 Å².